The summed E-state index contributed by atoms with van der Waals surface area (Å²) in [6, 6.07) is 9.14. The van der Waals surface area contributed by atoms with Gasteiger partial charge >= 0.3 is 6.16 Å². The van der Waals surface area contributed by atoms with Crippen LogP contribution in [0.5, 0.6) is 5.75 Å². The molecule has 1 fully saturated rings. The number of nitrogens with zero attached hydrogens (tertiary/aromatic N) is 2. The van der Waals surface area contributed by atoms with Gasteiger partial charge in [-0.05, 0) is 31.4 Å². The zero-order valence-corrected chi connectivity index (χ0v) is 18.3. The second-order valence-electron chi connectivity index (χ2n) is 7.59. The summed E-state index contributed by atoms with van der Waals surface area (Å²) in [4.78, 5) is 29.0. The van der Waals surface area contributed by atoms with Gasteiger partial charge in [0.05, 0.1) is 18.2 Å². The van der Waals surface area contributed by atoms with Crippen LogP contribution < -0.4 is 10.2 Å². The van der Waals surface area contributed by atoms with E-state index >= 15 is 4.39 Å². The highest BCUT2D eigenvalue weighted by Gasteiger charge is 2.32. The molecular formula is C22H21FN2O6S. The Bertz CT molecular complexity index is 1350. The molecular weight excluding hydrogens is 439 g/mol. The number of ether oxygens (including phenoxy) is 2. The quantitative estimate of drug-likeness (QED) is 0.518. The number of carbonyl (C=O) groups excluding carboxylic acids is 1. The van der Waals surface area contributed by atoms with Crippen molar-refractivity contribution in [2.45, 2.75) is 31.1 Å². The molecule has 10 heteroatoms. The molecule has 2 heterocycles. The van der Waals surface area contributed by atoms with Gasteiger partial charge in [0.2, 0.25) is 5.43 Å². The summed E-state index contributed by atoms with van der Waals surface area (Å²) in [5, 5.41) is -1.45. The van der Waals surface area contributed by atoms with Gasteiger partial charge in [0.1, 0.15) is 22.4 Å². The lowest BCUT2D eigenvalue weighted by atomic mass is 10.1. The van der Waals surface area contributed by atoms with Crippen LogP contribution in [-0.2, 0) is 14.6 Å². The number of hydrogen-bond donors (Lipinski definition) is 0. The first-order chi connectivity index (χ1) is 15.2. The molecule has 1 aromatic carbocycles. The number of sulfone groups is 1. The molecule has 0 bridgehead atoms. The number of carbonyl (C=O) groups is 1. The van der Waals surface area contributed by atoms with E-state index in [-0.39, 0.29) is 35.1 Å². The van der Waals surface area contributed by atoms with E-state index in [0.29, 0.717) is 5.56 Å². The maximum atomic E-state index is 15.2. The van der Waals surface area contributed by atoms with Crippen LogP contribution in [0.2, 0.25) is 0 Å². The Labute approximate surface area is 183 Å². The van der Waals surface area contributed by atoms with Gasteiger partial charge in [0.25, 0.3) is 0 Å². The van der Waals surface area contributed by atoms with Gasteiger partial charge < -0.3 is 14.0 Å². The van der Waals surface area contributed by atoms with Crippen LogP contribution in [0.4, 0.5) is 9.18 Å². The Morgan fingerprint density at radius 1 is 1.28 bits per heavy atom. The summed E-state index contributed by atoms with van der Waals surface area (Å²) in [6.07, 6.45) is 2.89. The molecule has 32 heavy (non-hydrogen) atoms. The van der Waals surface area contributed by atoms with Crippen molar-refractivity contribution < 1.29 is 27.1 Å². The van der Waals surface area contributed by atoms with E-state index in [2.05, 4.69) is 4.98 Å². The number of rotatable bonds is 6. The van der Waals surface area contributed by atoms with E-state index in [1.807, 2.05) is 0 Å². The van der Waals surface area contributed by atoms with E-state index in [4.69, 9.17) is 9.47 Å². The lowest BCUT2D eigenvalue weighted by Gasteiger charge is -2.18. The lowest BCUT2D eigenvalue weighted by Crippen LogP contribution is -2.21. The van der Waals surface area contributed by atoms with Crippen LogP contribution >= 0.6 is 0 Å². The normalized spacial score (nSPS) is 14.8. The molecule has 2 aromatic heterocycles. The van der Waals surface area contributed by atoms with Gasteiger partial charge in [-0.3, -0.25) is 4.79 Å². The maximum Gasteiger partial charge on any atom is 0.514 e. The summed E-state index contributed by atoms with van der Waals surface area (Å²) in [6.45, 7) is 1.66. The number of aromatic nitrogens is 2. The molecule has 1 aliphatic carbocycles. The zero-order valence-electron chi connectivity index (χ0n) is 17.4. The molecule has 0 radical (unpaired) electrons. The van der Waals surface area contributed by atoms with Gasteiger partial charge in [-0.1, -0.05) is 30.3 Å². The van der Waals surface area contributed by atoms with E-state index < -0.39 is 32.5 Å². The largest absolute Gasteiger partial charge is 0.514 e. The molecule has 3 aromatic rings. The number of benzene rings is 1. The van der Waals surface area contributed by atoms with Crippen molar-refractivity contribution in [3.05, 3.63) is 69.9 Å². The minimum Gasteiger partial charge on any atom is -0.434 e. The van der Waals surface area contributed by atoms with Crippen molar-refractivity contribution in [2.24, 2.45) is 0 Å². The fourth-order valence-corrected chi connectivity index (χ4v) is 4.82. The Morgan fingerprint density at radius 3 is 2.56 bits per heavy atom. The summed E-state index contributed by atoms with van der Waals surface area (Å²) in [5.41, 5.74) is -0.532. The molecule has 1 unspecified atom stereocenters. The van der Waals surface area contributed by atoms with Crippen LogP contribution in [-0.4, -0.2) is 37.0 Å². The number of hydrogen-bond acceptors (Lipinski definition) is 7. The predicted octanol–water partition coefficient (Wildman–Crippen LogP) is 3.54. The average molecular weight is 460 g/mol. The minimum atomic E-state index is -3.80. The van der Waals surface area contributed by atoms with Crippen LogP contribution in [0.15, 0.2) is 47.4 Å². The van der Waals surface area contributed by atoms with Crippen molar-refractivity contribution in [3.8, 4) is 5.75 Å². The zero-order chi connectivity index (χ0) is 23.0. The minimum absolute atomic E-state index is 0.0261. The van der Waals surface area contributed by atoms with E-state index in [9.17, 15) is 18.0 Å². The average Bonchev–Trinajstić information content (AvgIpc) is 3.56. The van der Waals surface area contributed by atoms with Crippen molar-refractivity contribution in [2.75, 3.05) is 12.9 Å². The molecule has 0 amide bonds. The fourth-order valence-electron chi connectivity index (χ4n) is 3.60. The Kier molecular flexibility index (Phi) is 5.72. The van der Waals surface area contributed by atoms with Crippen LogP contribution in [0.3, 0.4) is 0 Å². The molecule has 0 spiro atoms. The van der Waals surface area contributed by atoms with Crippen LogP contribution in [0.25, 0.3) is 11.0 Å². The molecule has 1 saturated carbocycles. The molecule has 1 aliphatic rings. The summed E-state index contributed by atoms with van der Waals surface area (Å²) in [5.74, 6) is -1.25. The molecule has 0 saturated heterocycles. The monoisotopic (exact) mass is 460 g/mol. The Balaban J connectivity index is 1.94. The van der Waals surface area contributed by atoms with Crippen molar-refractivity contribution >= 4 is 27.0 Å². The number of halogens is 1. The van der Waals surface area contributed by atoms with Gasteiger partial charge in [-0.15, -0.1) is 0 Å². The van der Waals surface area contributed by atoms with E-state index in [0.717, 1.165) is 25.2 Å². The highest BCUT2D eigenvalue weighted by molar-refractivity contribution is 7.91. The second-order valence-corrected chi connectivity index (χ2v) is 9.72. The third-order valence-electron chi connectivity index (χ3n) is 5.13. The summed E-state index contributed by atoms with van der Waals surface area (Å²) in [7, 11) is -3.80. The molecule has 8 nitrogen and oxygen atoms in total. The van der Waals surface area contributed by atoms with Crippen molar-refractivity contribution in [1.82, 2.24) is 9.55 Å². The number of fused-ring (bicyclic) bond motifs is 1. The third kappa shape index (κ3) is 4.22. The highest BCUT2D eigenvalue weighted by Crippen LogP contribution is 2.38. The topological polar surface area (TPSA) is 105 Å². The third-order valence-corrected chi connectivity index (χ3v) is 6.48. The van der Waals surface area contributed by atoms with Gasteiger partial charge in [0, 0.05) is 12.3 Å². The summed E-state index contributed by atoms with van der Waals surface area (Å²) < 4.78 is 51.8. The van der Waals surface area contributed by atoms with Crippen LogP contribution in [0, 0.1) is 5.82 Å². The summed E-state index contributed by atoms with van der Waals surface area (Å²) >= 11 is 0. The molecule has 0 N–H and O–H groups in total. The first-order valence-corrected chi connectivity index (χ1v) is 12.0. The SMILES string of the molecule is CCOC(=O)Oc1cn(C2CC2)c2nc(C(c3ccccc3)S(C)(=O)=O)c(F)cc2c1=O. The number of pyridine rings is 2. The van der Waals surface area contributed by atoms with Crippen molar-refractivity contribution in [3.63, 3.8) is 0 Å². The molecule has 0 aliphatic heterocycles. The van der Waals surface area contributed by atoms with E-state index in [1.54, 1.807) is 41.8 Å². The Morgan fingerprint density at radius 2 is 1.97 bits per heavy atom. The predicted molar refractivity (Wildman–Crippen MR) is 115 cm³/mol. The molecule has 168 valence electrons. The molecule has 1 atom stereocenters. The smallest absolute Gasteiger partial charge is 0.434 e. The first kappa shape index (κ1) is 21.9. The lowest BCUT2D eigenvalue weighted by molar-refractivity contribution is 0.103. The second kappa shape index (κ2) is 8.34. The standard InChI is InChI=1S/C22H21FN2O6S/c1-3-30-22(27)31-17-12-25(14-9-10-14)21-15(19(17)26)11-16(23)18(24-21)20(32(2,28)29)13-7-5-4-6-8-13/h4-8,11-12,14,20H,3,9-10H2,1-2H3. The van der Waals surface area contributed by atoms with Gasteiger partial charge in [-0.25, -0.2) is 22.6 Å². The first-order valence-electron chi connectivity index (χ1n) is 10.0. The Hall–Kier alpha value is -3.27. The van der Waals surface area contributed by atoms with Gasteiger partial charge in [0.15, 0.2) is 15.6 Å². The highest BCUT2D eigenvalue weighted by atomic mass is 32.2. The van der Waals surface area contributed by atoms with Crippen molar-refractivity contribution in [1.29, 1.82) is 0 Å². The maximum absolute atomic E-state index is 15.2. The van der Waals surface area contributed by atoms with E-state index in [1.165, 1.54) is 6.20 Å². The van der Waals surface area contributed by atoms with Gasteiger partial charge in [-0.2, -0.15) is 0 Å². The molecule has 4 rings (SSSR count). The van der Waals surface area contributed by atoms with Crippen LogP contribution in [0.1, 0.15) is 42.3 Å². The fraction of sp³-hybridized carbons (Fsp3) is 0.318.